The van der Waals surface area contributed by atoms with Gasteiger partial charge >= 0.3 is 5.97 Å². The van der Waals surface area contributed by atoms with E-state index in [9.17, 15) is 14.7 Å². The lowest BCUT2D eigenvalue weighted by molar-refractivity contribution is -0.142. The average Bonchev–Trinajstić information content (AvgIpc) is 2.47. The zero-order chi connectivity index (χ0) is 15.0. The molecule has 0 unspecified atom stereocenters. The molecular formula is C16H11BrO4. The van der Waals surface area contributed by atoms with E-state index in [1.54, 1.807) is 48.5 Å². The van der Waals surface area contributed by atoms with Crippen molar-refractivity contribution >= 4 is 27.7 Å². The van der Waals surface area contributed by atoms with E-state index in [0.717, 1.165) is 0 Å². The van der Waals surface area contributed by atoms with Gasteiger partial charge < -0.3 is 9.84 Å². The number of benzene rings is 2. The summed E-state index contributed by atoms with van der Waals surface area (Å²) in [7, 11) is 0. The molecule has 3 rings (SSSR count). The minimum absolute atomic E-state index is 0.297. The number of ketones is 1. The Morgan fingerprint density at radius 3 is 2.52 bits per heavy atom. The molecule has 0 radical (unpaired) electrons. The van der Waals surface area contributed by atoms with Crippen molar-refractivity contribution in [3.8, 4) is 5.75 Å². The lowest BCUT2D eigenvalue weighted by Crippen LogP contribution is -2.37. The molecule has 2 atom stereocenters. The Morgan fingerprint density at radius 2 is 1.76 bits per heavy atom. The van der Waals surface area contributed by atoms with Crippen LogP contribution in [-0.4, -0.2) is 16.9 Å². The van der Waals surface area contributed by atoms with Crippen molar-refractivity contribution in [2.45, 2.75) is 6.10 Å². The maximum Gasteiger partial charge on any atom is 0.325 e. The normalized spacial score (nSPS) is 20.6. The highest BCUT2D eigenvalue weighted by atomic mass is 79.9. The SMILES string of the molecule is O=C1Oc2ccccc2[C@H](O)[C@H]1C(=O)c1ccccc1Br. The Morgan fingerprint density at radius 1 is 1.10 bits per heavy atom. The molecule has 0 spiro atoms. The summed E-state index contributed by atoms with van der Waals surface area (Å²) < 4.78 is 5.74. The van der Waals surface area contributed by atoms with Crippen LogP contribution in [0, 0.1) is 5.92 Å². The fourth-order valence-electron chi connectivity index (χ4n) is 2.38. The molecular weight excluding hydrogens is 336 g/mol. The van der Waals surface area contributed by atoms with Gasteiger partial charge in [-0.2, -0.15) is 0 Å². The first-order valence-corrected chi connectivity index (χ1v) is 7.16. The Bertz CT molecular complexity index is 726. The first kappa shape index (κ1) is 14.0. The molecule has 0 saturated carbocycles. The van der Waals surface area contributed by atoms with Crippen molar-refractivity contribution in [1.82, 2.24) is 0 Å². The van der Waals surface area contributed by atoms with Crippen molar-refractivity contribution in [3.63, 3.8) is 0 Å². The third kappa shape index (κ3) is 2.39. The lowest BCUT2D eigenvalue weighted by atomic mass is 9.86. The number of carbonyl (C=O) groups excluding carboxylic acids is 2. The van der Waals surface area contributed by atoms with Gasteiger partial charge in [0.25, 0.3) is 0 Å². The van der Waals surface area contributed by atoms with Gasteiger partial charge in [-0.1, -0.05) is 52.3 Å². The molecule has 4 nitrogen and oxygen atoms in total. The first-order valence-electron chi connectivity index (χ1n) is 6.37. The minimum Gasteiger partial charge on any atom is -0.426 e. The first-order chi connectivity index (χ1) is 10.1. The molecule has 2 aromatic rings. The van der Waals surface area contributed by atoms with Crippen LogP contribution in [-0.2, 0) is 4.79 Å². The highest BCUT2D eigenvalue weighted by Gasteiger charge is 2.42. The van der Waals surface area contributed by atoms with E-state index in [-0.39, 0.29) is 0 Å². The minimum atomic E-state index is -1.25. The number of Topliss-reactive ketones (excluding diaryl/α,β-unsaturated/α-hetero) is 1. The van der Waals surface area contributed by atoms with Crippen molar-refractivity contribution < 1.29 is 19.4 Å². The zero-order valence-corrected chi connectivity index (χ0v) is 12.4. The predicted octanol–water partition coefficient (Wildman–Crippen LogP) is 2.90. The van der Waals surface area contributed by atoms with Crippen LogP contribution in [0.25, 0.3) is 0 Å². The summed E-state index contributed by atoms with van der Waals surface area (Å²) in [4.78, 5) is 24.6. The lowest BCUT2D eigenvalue weighted by Gasteiger charge is -2.27. The van der Waals surface area contributed by atoms with Gasteiger partial charge in [0.1, 0.15) is 11.9 Å². The fourth-order valence-corrected chi connectivity index (χ4v) is 2.86. The second-order valence-electron chi connectivity index (χ2n) is 4.73. The number of rotatable bonds is 2. The molecule has 0 aromatic heterocycles. The zero-order valence-electron chi connectivity index (χ0n) is 10.8. The van der Waals surface area contributed by atoms with Crippen molar-refractivity contribution in [2.24, 2.45) is 5.92 Å². The van der Waals surface area contributed by atoms with Crippen LogP contribution in [0.5, 0.6) is 5.75 Å². The van der Waals surface area contributed by atoms with Gasteiger partial charge in [0, 0.05) is 15.6 Å². The number of hydrogen-bond acceptors (Lipinski definition) is 4. The van der Waals surface area contributed by atoms with Gasteiger partial charge in [-0.25, -0.2) is 0 Å². The van der Waals surface area contributed by atoms with Crippen LogP contribution in [0.2, 0.25) is 0 Å². The molecule has 0 fully saturated rings. The number of aliphatic hydroxyl groups excluding tert-OH is 1. The monoisotopic (exact) mass is 346 g/mol. The van der Waals surface area contributed by atoms with Crippen molar-refractivity contribution in [1.29, 1.82) is 0 Å². The third-order valence-corrected chi connectivity index (χ3v) is 4.13. The Balaban J connectivity index is 2.02. The molecule has 2 aromatic carbocycles. The summed E-state index contributed by atoms with van der Waals surface area (Å²) in [6, 6.07) is 13.4. The molecule has 1 aliphatic heterocycles. The topological polar surface area (TPSA) is 63.6 Å². The molecule has 106 valence electrons. The molecule has 1 heterocycles. The fraction of sp³-hybridized carbons (Fsp3) is 0.125. The number of esters is 1. The van der Waals surface area contributed by atoms with Crippen LogP contribution < -0.4 is 4.74 Å². The van der Waals surface area contributed by atoms with Gasteiger partial charge in [0.2, 0.25) is 0 Å². The number of carbonyl (C=O) groups is 2. The van der Waals surface area contributed by atoms with Crippen molar-refractivity contribution in [3.05, 3.63) is 64.1 Å². The van der Waals surface area contributed by atoms with Crippen LogP contribution in [0.15, 0.2) is 53.0 Å². The Hall–Kier alpha value is -1.98. The molecule has 1 aliphatic rings. The predicted molar refractivity (Wildman–Crippen MR) is 79.0 cm³/mol. The number of halogens is 1. The summed E-state index contributed by atoms with van der Waals surface area (Å²) in [6.45, 7) is 0. The molecule has 5 heteroatoms. The quantitative estimate of drug-likeness (QED) is 0.393. The molecule has 0 saturated heterocycles. The van der Waals surface area contributed by atoms with Gasteiger partial charge in [-0.05, 0) is 12.1 Å². The highest BCUT2D eigenvalue weighted by Crippen LogP contribution is 2.38. The Kier molecular flexibility index (Phi) is 3.61. The van der Waals surface area contributed by atoms with E-state index >= 15 is 0 Å². The standard InChI is InChI=1S/C16H11BrO4/c17-11-7-3-1-5-9(11)14(18)13-15(19)10-6-2-4-8-12(10)21-16(13)20/h1-8,13,15,19H/t13-,15+/m1/s1. The van der Waals surface area contributed by atoms with Gasteiger partial charge in [-0.3, -0.25) is 9.59 Å². The maximum atomic E-state index is 12.6. The van der Waals surface area contributed by atoms with E-state index < -0.39 is 23.8 Å². The largest absolute Gasteiger partial charge is 0.426 e. The second-order valence-corrected chi connectivity index (χ2v) is 5.58. The summed E-state index contributed by atoms with van der Waals surface area (Å²) in [5.41, 5.74) is 0.792. The number of para-hydroxylation sites is 1. The number of hydrogen-bond donors (Lipinski definition) is 1. The molecule has 1 N–H and O–H groups in total. The van der Waals surface area contributed by atoms with E-state index in [1.165, 1.54) is 0 Å². The highest BCUT2D eigenvalue weighted by molar-refractivity contribution is 9.10. The Labute approximate surface area is 129 Å². The van der Waals surface area contributed by atoms with E-state index in [0.29, 0.717) is 21.3 Å². The third-order valence-electron chi connectivity index (χ3n) is 3.44. The van der Waals surface area contributed by atoms with Crippen LogP contribution in [0.1, 0.15) is 22.0 Å². The molecule has 0 amide bonds. The number of ether oxygens (including phenoxy) is 1. The van der Waals surface area contributed by atoms with E-state index in [4.69, 9.17) is 4.74 Å². The van der Waals surface area contributed by atoms with Gasteiger partial charge in [0.15, 0.2) is 11.7 Å². The molecule has 21 heavy (non-hydrogen) atoms. The van der Waals surface area contributed by atoms with Crippen LogP contribution in [0.3, 0.4) is 0 Å². The van der Waals surface area contributed by atoms with Gasteiger partial charge in [-0.15, -0.1) is 0 Å². The average molecular weight is 347 g/mol. The van der Waals surface area contributed by atoms with Gasteiger partial charge in [0.05, 0.1) is 0 Å². The number of fused-ring (bicyclic) bond motifs is 1. The van der Waals surface area contributed by atoms with E-state index in [2.05, 4.69) is 15.9 Å². The summed E-state index contributed by atoms with van der Waals surface area (Å²) in [6.07, 6.45) is -1.21. The molecule has 0 bridgehead atoms. The van der Waals surface area contributed by atoms with Crippen LogP contribution >= 0.6 is 15.9 Å². The summed E-state index contributed by atoms with van der Waals surface area (Å²) in [5, 5.41) is 10.4. The van der Waals surface area contributed by atoms with Crippen LogP contribution in [0.4, 0.5) is 0 Å². The van der Waals surface area contributed by atoms with Crippen molar-refractivity contribution in [2.75, 3.05) is 0 Å². The van der Waals surface area contributed by atoms with E-state index in [1.807, 2.05) is 0 Å². The second kappa shape index (κ2) is 5.42. The molecule has 0 aliphatic carbocycles. The summed E-state index contributed by atoms with van der Waals surface area (Å²) in [5.74, 6) is -2.15. The number of aliphatic hydroxyl groups is 1. The summed E-state index contributed by atoms with van der Waals surface area (Å²) >= 11 is 3.28. The maximum absolute atomic E-state index is 12.6. The smallest absolute Gasteiger partial charge is 0.325 e.